The van der Waals surface area contributed by atoms with Gasteiger partial charge in [0.15, 0.2) is 0 Å². The van der Waals surface area contributed by atoms with Gasteiger partial charge < -0.3 is 4.74 Å². The van der Waals surface area contributed by atoms with Crippen molar-refractivity contribution in [1.82, 2.24) is 0 Å². The highest BCUT2D eigenvalue weighted by atomic mass is 16.6. The zero-order chi connectivity index (χ0) is 11.0. The Bertz CT molecular complexity index is 415. The van der Waals surface area contributed by atoms with Crippen molar-refractivity contribution in [2.75, 3.05) is 0 Å². The predicted molar refractivity (Wildman–Crippen MR) is 56.2 cm³/mol. The number of nitro groups is 1. The van der Waals surface area contributed by atoms with E-state index >= 15 is 0 Å². The summed E-state index contributed by atoms with van der Waals surface area (Å²) in [7, 11) is 0. The molecule has 0 aliphatic carbocycles. The second kappa shape index (κ2) is 3.53. The first-order chi connectivity index (χ1) is 7.13. The molecule has 0 bridgehead atoms. The number of aryl methyl sites for hydroxylation is 1. The number of fused-ring (bicyclic) bond motifs is 1. The van der Waals surface area contributed by atoms with Crippen LogP contribution in [0.4, 0.5) is 5.69 Å². The lowest BCUT2D eigenvalue weighted by molar-refractivity contribution is -0.385. The van der Waals surface area contributed by atoms with Crippen molar-refractivity contribution in [1.29, 1.82) is 0 Å². The molecule has 1 atom stereocenters. The summed E-state index contributed by atoms with van der Waals surface area (Å²) in [5, 5.41) is 10.8. The molecule has 0 radical (unpaired) electrons. The van der Waals surface area contributed by atoms with Crippen molar-refractivity contribution < 1.29 is 9.66 Å². The monoisotopic (exact) mass is 207 g/mol. The molecule has 0 saturated carbocycles. The molecule has 2 rings (SSSR count). The third-order valence-corrected chi connectivity index (χ3v) is 2.84. The average molecular weight is 207 g/mol. The van der Waals surface area contributed by atoms with Gasteiger partial charge in [0, 0.05) is 18.1 Å². The lowest BCUT2D eigenvalue weighted by Gasteiger charge is -2.06. The summed E-state index contributed by atoms with van der Waals surface area (Å²) in [6.07, 6.45) is 1.77. The van der Waals surface area contributed by atoms with E-state index in [-0.39, 0.29) is 16.7 Å². The lowest BCUT2D eigenvalue weighted by Crippen LogP contribution is -2.10. The smallest absolute Gasteiger partial charge is 0.311 e. The second-order valence-electron chi connectivity index (χ2n) is 3.82. The van der Waals surface area contributed by atoms with E-state index in [1.165, 1.54) is 6.07 Å². The van der Waals surface area contributed by atoms with Crippen LogP contribution in [0.1, 0.15) is 24.5 Å². The van der Waals surface area contributed by atoms with Gasteiger partial charge in [0.25, 0.3) is 0 Å². The second-order valence-corrected chi connectivity index (χ2v) is 3.82. The first kappa shape index (κ1) is 9.96. The van der Waals surface area contributed by atoms with E-state index in [1.807, 2.05) is 13.8 Å². The summed E-state index contributed by atoms with van der Waals surface area (Å²) in [5.74, 6) is 0.479. The third-order valence-electron chi connectivity index (χ3n) is 2.84. The maximum Gasteiger partial charge on any atom is 0.311 e. The van der Waals surface area contributed by atoms with Crippen molar-refractivity contribution in [2.24, 2.45) is 0 Å². The van der Waals surface area contributed by atoms with E-state index in [0.29, 0.717) is 5.75 Å². The maximum absolute atomic E-state index is 10.8. The fraction of sp³-hybridized carbons (Fsp3) is 0.455. The molecule has 1 aliphatic heterocycles. The molecule has 80 valence electrons. The molecule has 1 aromatic rings. The fourth-order valence-corrected chi connectivity index (χ4v) is 1.91. The van der Waals surface area contributed by atoms with E-state index in [4.69, 9.17) is 4.74 Å². The van der Waals surface area contributed by atoms with Crippen LogP contribution in [0.15, 0.2) is 12.1 Å². The summed E-state index contributed by atoms with van der Waals surface area (Å²) in [6.45, 7) is 3.99. The minimum absolute atomic E-state index is 0.0894. The fourth-order valence-electron chi connectivity index (χ4n) is 1.91. The molecule has 0 fully saturated rings. The van der Waals surface area contributed by atoms with Crippen LogP contribution in [0.5, 0.6) is 5.75 Å². The molecule has 4 heteroatoms. The van der Waals surface area contributed by atoms with Gasteiger partial charge >= 0.3 is 5.69 Å². The Kier molecular flexibility index (Phi) is 2.34. The van der Waals surface area contributed by atoms with Gasteiger partial charge in [-0.25, -0.2) is 0 Å². The summed E-state index contributed by atoms with van der Waals surface area (Å²) < 4.78 is 5.59. The van der Waals surface area contributed by atoms with Crippen molar-refractivity contribution in [3.63, 3.8) is 0 Å². The minimum atomic E-state index is -0.379. The molecule has 1 heterocycles. The molecule has 4 nitrogen and oxygen atoms in total. The maximum atomic E-state index is 10.8. The molecule has 0 aromatic heterocycles. The normalized spacial score (nSPS) is 18.4. The van der Waals surface area contributed by atoms with Gasteiger partial charge in [0.2, 0.25) is 5.75 Å². The average Bonchev–Trinajstić information content (AvgIpc) is 2.62. The summed E-state index contributed by atoms with van der Waals surface area (Å²) in [5.41, 5.74) is 2.16. The minimum Gasteiger partial charge on any atom is -0.483 e. The molecular formula is C11H13NO3. The standard InChI is InChI=1S/C11H13NO3/c1-3-8-6-9-7(2)4-5-10(12(13)14)11(9)15-8/h4-5,8H,3,6H2,1-2H3. The number of nitrogens with zero attached hydrogens (tertiary/aromatic N) is 1. The lowest BCUT2D eigenvalue weighted by atomic mass is 10.0. The largest absolute Gasteiger partial charge is 0.483 e. The first-order valence-electron chi connectivity index (χ1n) is 5.07. The Morgan fingerprint density at radius 3 is 2.93 bits per heavy atom. The summed E-state index contributed by atoms with van der Waals surface area (Å²) in [4.78, 5) is 10.4. The van der Waals surface area contributed by atoms with Gasteiger partial charge in [0.05, 0.1) is 4.92 Å². The number of hydrogen-bond donors (Lipinski definition) is 0. The van der Waals surface area contributed by atoms with Gasteiger partial charge in [0.1, 0.15) is 6.10 Å². The van der Waals surface area contributed by atoms with Crippen LogP contribution < -0.4 is 4.74 Å². The van der Waals surface area contributed by atoms with Crippen LogP contribution in [-0.4, -0.2) is 11.0 Å². The van der Waals surface area contributed by atoms with E-state index < -0.39 is 0 Å². The van der Waals surface area contributed by atoms with Crippen molar-refractivity contribution >= 4 is 5.69 Å². The molecule has 0 amide bonds. The number of benzene rings is 1. The molecule has 1 aliphatic rings. The number of ether oxygens (including phenoxy) is 1. The Hall–Kier alpha value is -1.58. The molecule has 15 heavy (non-hydrogen) atoms. The Labute approximate surface area is 88.0 Å². The highest BCUT2D eigenvalue weighted by Gasteiger charge is 2.30. The Morgan fingerprint density at radius 2 is 2.33 bits per heavy atom. The van der Waals surface area contributed by atoms with Crippen molar-refractivity contribution in [2.45, 2.75) is 32.8 Å². The Balaban J connectivity index is 2.49. The van der Waals surface area contributed by atoms with Crippen LogP contribution in [-0.2, 0) is 6.42 Å². The number of nitro benzene ring substituents is 1. The van der Waals surface area contributed by atoms with E-state index in [9.17, 15) is 10.1 Å². The van der Waals surface area contributed by atoms with Crippen LogP contribution in [0.2, 0.25) is 0 Å². The SMILES string of the molecule is CCC1Cc2c(C)ccc([N+](=O)[O-])c2O1. The topological polar surface area (TPSA) is 52.4 Å². The van der Waals surface area contributed by atoms with Crippen LogP contribution in [0, 0.1) is 17.0 Å². The van der Waals surface area contributed by atoms with E-state index in [2.05, 4.69) is 0 Å². The van der Waals surface area contributed by atoms with E-state index in [1.54, 1.807) is 6.07 Å². The number of hydrogen-bond acceptors (Lipinski definition) is 3. The van der Waals surface area contributed by atoms with Gasteiger partial charge in [-0.15, -0.1) is 0 Å². The first-order valence-corrected chi connectivity index (χ1v) is 5.07. The van der Waals surface area contributed by atoms with Crippen LogP contribution in [0.25, 0.3) is 0 Å². The van der Waals surface area contributed by atoms with Crippen LogP contribution >= 0.6 is 0 Å². The zero-order valence-electron chi connectivity index (χ0n) is 8.82. The van der Waals surface area contributed by atoms with Gasteiger partial charge in [-0.3, -0.25) is 10.1 Å². The predicted octanol–water partition coefficient (Wildman–Crippen LogP) is 2.62. The quantitative estimate of drug-likeness (QED) is 0.553. The van der Waals surface area contributed by atoms with Gasteiger partial charge in [-0.1, -0.05) is 13.0 Å². The highest BCUT2D eigenvalue weighted by molar-refractivity contribution is 5.57. The number of rotatable bonds is 2. The van der Waals surface area contributed by atoms with Gasteiger partial charge in [-0.05, 0) is 18.9 Å². The van der Waals surface area contributed by atoms with Crippen molar-refractivity contribution in [3.8, 4) is 5.75 Å². The summed E-state index contributed by atoms with van der Waals surface area (Å²) >= 11 is 0. The zero-order valence-corrected chi connectivity index (χ0v) is 8.82. The summed E-state index contributed by atoms with van der Waals surface area (Å²) in [6, 6.07) is 3.31. The third kappa shape index (κ3) is 1.56. The van der Waals surface area contributed by atoms with Crippen molar-refractivity contribution in [3.05, 3.63) is 33.4 Å². The molecule has 1 aromatic carbocycles. The highest BCUT2D eigenvalue weighted by Crippen LogP contribution is 2.39. The van der Waals surface area contributed by atoms with E-state index in [0.717, 1.165) is 24.0 Å². The molecule has 1 unspecified atom stereocenters. The Morgan fingerprint density at radius 1 is 1.60 bits per heavy atom. The molecular weight excluding hydrogens is 194 g/mol. The van der Waals surface area contributed by atoms with Crippen LogP contribution in [0.3, 0.4) is 0 Å². The molecule has 0 N–H and O–H groups in total. The van der Waals surface area contributed by atoms with Gasteiger partial charge in [-0.2, -0.15) is 0 Å². The molecule has 0 saturated heterocycles. The molecule has 0 spiro atoms.